The van der Waals surface area contributed by atoms with Gasteiger partial charge in [-0.05, 0) is 35.9 Å². The summed E-state index contributed by atoms with van der Waals surface area (Å²) < 4.78 is 37.8. The van der Waals surface area contributed by atoms with Gasteiger partial charge in [-0.1, -0.05) is 18.2 Å². The van der Waals surface area contributed by atoms with Crippen molar-refractivity contribution >= 4 is 11.8 Å². The molecular weight excluding hydrogens is 309 g/mol. The smallest absolute Gasteiger partial charge is 0.366 e. The maximum absolute atomic E-state index is 12.6. The van der Waals surface area contributed by atoms with E-state index in [0.717, 1.165) is 12.1 Å². The van der Waals surface area contributed by atoms with Gasteiger partial charge in [-0.15, -0.1) is 0 Å². The van der Waals surface area contributed by atoms with E-state index in [-0.39, 0.29) is 12.1 Å². The van der Waals surface area contributed by atoms with Crippen LogP contribution in [-0.2, 0) is 12.7 Å². The lowest BCUT2D eigenvalue weighted by Gasteiger charge is -2.09. The molecule has 0 spiro atoms. The Hall–Kier alpha value is -2.83. The van der Waals surface area contributed by atoms with E-state index < -0.39 is 23.6 Å². The molecule has 7 heteroatoms. The number of nitrogens with two attached hydrogens (primary N) is 1. The van der Waals surface area contributed by atoms with Crippen LogP contribution in [0.1, 0.15) is 31.8 Å². The van der Waals surface area contributed by atoms with Crippen LogP contribution in [0, 0.1) is 0 Å². The van der Waals surface area contributed by atoms with Gasteiger partial charge in [-0.25, -0.2) is 0 Å². The summed E-state index contributed by atoms with van der Waals surface area (Å²) in [6.07, 6.45) is -4.50. The first-order chi connectivity index (χ1) is 10.8. The van der Waals surface area contributed by atoms with Crippen LogP contribution in [-0.4, -0.2) is 11.8 Å². The molecule has 4 nitrogen and oxygen atoms in total. The molecule has 0 aromatic heterocycles. The van der Waals surface area contributed by atoms with E-state index in [1.54, 1.807) is 12.1 Å². The zero-order chi connectivity index (χ0) is 17.0. The summed E-state index contributed by atoms with van der Waals surface area (Å²) in [4.78, 5) is 22.9. The summed E-state index contributed by atoms with van der Waals surface area (Å²) in [6.45, 7) is 0.119. The van der Waals surface area contributed by atoms with Gasteiger partial charge in [0.25, 0.3) is 5.91 Å². The highest BCUT2D eigenvalue weighted by atomic mass is 19.4. The fraction of sp³-hybridized carbons (Fsp3) is 0.125. The Bertz CT molecular complexity index is 725. The van der Waals surface area contributed by atoms with Gasteiger partial charge in [0.05, 0.1) is 5.56 Å². The lowest BCUT2D eigenvalue weighted by atomic mass is 10.1. The van der Waals surface area contributed by atoms with Crippen molar-refractivity contribution in [1.29, 1.82) is 0 Å². The Morgan fingerprint density at radius 1 is 1.00 bits per heavy atom. The molecule has 0 unspecified atom stereocenters. The minimum atomic E-state index is -4.50. The predicted octanol–water partition coefficient (Wildman–Crippen LogP) is 2.73. The van der Waals surface area contributed by atoms with Gasteiger partial charge in [-0.2, -0.15) is 13.2 Å². The molecule has 0 radical (unpaired) electrons. The first-order valence-corrected chi connectivity index (χ1v) is 6.61. The quantitative estimate of drug-likeness (QED) is 0.908. The highest BCUT2D eigenvalue weighted by molar-refractivity contribution is 5.94. The second-order valence-electron chi connectivity index (χ2n) is 4.82. The van der Waals surface area contributed by atoms with E-state index in [4.69, 9.17) is 5.73 Å². The van der Waals surface area contributed by atoms with Crippen molar-refractivity contribution in [2.45, 2.75) is 12.7 Å². The number of alkyl halides is 3. The molecule has 0 saturated heterocycles. The SMILES string of the molecule is NC(=O)c1ccc(CNC(=O)c2cccc(C(F)(F)F)c2)cc1. The Morgan fingerprint density at radius 2 is 1.65 bits per heavy atom. The third kappa shape index (κ3) is 4.32. The number of amides is 2. The molecule has 2 rings (SSSR count). The van der Waals surface area contributed by atoms with Gasteiger partial charge in [-0.3, -0.25) is 9.59 Å². The zero-order valence-corrected chi connectivity index (χ0v) is 11.9. The second-order valence-corrected chi connectivity index (χ2v) is 4.82. The highest BCUT2D eigenvalue weighted by Gasteiger charge is 2.30. The summed E-state index contributed by atoms with van der Waals surface area (Å²) in [5.74, 6) is -1.18. The van der Waals surface area contributed by atoms with Crippen LogP contribution >= 0.6 is 0 Å². The molecule has 2 amide bonds. The average molecular weight is 322 g/mol. The van der Waals surface area contributed by atoms with Crippen LogP contribution in [0.3, 0.4) is 0 Å². The molecule has 0 heterocycles. The normalized spacial score (nSPS) is 11.1. The molecule has 0 aliphatic heterocycles. The van der Waals surface area contributed by atoms with Crippen molar-refractivity contribution in [1.82, 2.24) is 5.32 Å². The maximum atomic E-state index is 12.6. The average Bonchev–Trinajstić information content (AvgIpc) is 2.52. The molecule has 0 fully saturated rings. The number of hydrogen-bond acceptors (Lipinski definition) is 2. The summed E-state index contributed by atoms with van der Waals surface area (Å²) in [5.41, 5.74) is 5.18. The maximum Gasteiger partial charge on any atom is 0.416 e. The molecule has 0 aliphatic carbocycles. The number of carbonyl (C=O) groups is 2. The second kappa shape index (κ2) is 6.51. The van der Waals surface area contributed by atoms with Gasteiger partial charge in [0.15, 0.2) is 0 Å². The monoisotopic (exact) mass is 322 g/mol. The zero-order valence-electron chi connectivity index (χ0n) is 11.9. The number of nitrogens with one attached hydrogen (secondary N) is 1. The van der Waals surface area contributed by atoms with Crippen LogP contribution in [0.15, 0.2) is 48.5 Å². The molecule has 0 atom stereocenters. The Morgan fingerprint density at radius 3 is 2.22 bits per heavy atom. The lowest BCUT2D eigenvalue weighted by Crippen LogP contribution is -2.23. The number of primary amides is 1. The molecule has 23 heavy (non-hydrogen) atoms. The van der Waals surface area contributed by atoms with Gasteiger partial charge >= 0.3 is 6.18 Å². The van der Waals surface area contributed by atoms with Crippen molar-refractivity contribution in [3.63, 3.8) is 0 Å². The van der Waals surface area contributed by atoms with E-state index in [2.05, 4.69) is 5.32 Å². The fourth-order valence-corrected chi connectivity index (χ4v) is 1.91. The van der Waals surface area contributed by atoms with Crippen molar-refractivity contribution in [3.05, 3.63) is 70.8 Å². The van der Waals surface area contributed by atoms with E-state index >= 15 is 0 Å². The van der Waals surface area contributed by atoms with Crippen molar-refractivity contribution in [3.8, 4) is 0 Å². The Labute approximate surface area is 130 Å². The summed E-state index contributed by atoms with van der Waals surface area (Å²) >= 11 is 0. The largest absolute Gasteiger partial charge is 0.416 e. The van der Waals surface area contributed by atoms with E-state index in [1.807, 2.05) is 0 Å². The Balaban J connectivity index is 2.03. The van der Waals surface area contributed by atoms with Crippen LogP contribution < -0.4 is 11.1 Å². The van der Waals surface area contributed by atoms with E-state index in [1.165, 1.54) is 24.3 Å². The fourth-order valence-electron chi connectivity index (χ4n) is 1.91. The van der Waals surface area contributed by atoms with E-state index in [9.17, 15) is 22.8 Å². The third-order valence-corrected chi connectivity index (χ3v) is 3.14. The molecule has 3 N–H and O–H groups in total. The molecule has 2 aromatic carbocycles. The highest BCUT2D eigenvalue weighted by Crippen LogP contribution is 2.29. The van der Waals surface area contributed by atoms with Crippen LogP contribution in [0.2, 0.25) is 0 Å². The summed E-state index contributed by atoms with van der Waals surface area (Å²) in [7, 11) is 0. The minimum Gasteiger partial charge on any atom is -0.366 e. The number of rotatable bonds is 4. The third-order valence-electron chi connectivity index (χ3n) is 3.14. The van der Waals surface area contributed by atoms with Crippen molar-refractivity contribution in [2.24, 2.45) is 5.73 Å². The van der Waals surface area contributed by atoms with Gasteiger partial charge in [0.1, 0.15) is 0 Å². The predicted molar refractivity (Wildman–Crippen MR) is 77.6 cm³/mol. The number of benzene rings is 2. The van der Waals surface area contributed by atoms with Crippen LogP contribution in [0.25, 0.3) is 0 Å². The summed E-state index contributed by atoms with van der Waals surface area (Å²) in [6, 6.07) is 10.4. The molecule has 0 saturated carbocycles. The van der Waals surface area contributed by atoms with Crippen molar-refractivity contribution < 1.29 is 22.8 Å². The first kappa shape index (κ1) is 16.5. The molecular formula is C16H13F3N2O2. The molecule has 0 bridgehead atoms. The van der Waals surface area contributed by atoms with E-state index in [0.29, 0.717) is 11.1 Å². The topological polar surface area (TPSA) is 72.2 Å². The molecule has 120 valence electrons. The van der Waals surface area contributed by atoms with Gasteiger partial charge < -0.3 is 11.1 Å². The standard InChI is InChI=1S/C16H13F3N2O2/c17-16(18,19)13-3-1-2-12(8-13)15(23)21-9-10-4-6-11(7-5-10)14(20)22/h1-8H,9H2,(H2,20,22)(H,21,23). The van der Waals surface area contributed by atoms with Gasteiger partial charge in [0, 0.05) is 17.7 Å². The van der Waals surface area contributed by atoms with Crippen molar-refractivity contribution in [2.75, 3.05) is 0 Å². The number of halogens is 3. The van der Waals surface area contributed by atoms with Crippen LogP contribution in [0.5, 0.6) is 0 Å². The van der Waals surface area contributed by atoms with Gasteiger partial charge in [0.2, 0.25) is 5.91 Å². The van der Waals surface area contributed by atoms with Crippen LogP contribution in [0.4, 0.5) is 13.2 Å². The Kier molecular flexibility index (Phi) is 4.68. The lowest BCUT2D eigenvalue weighted by molar-refractivity contribution is -0.137. The molecule has 2 aromatic rings. The number of carbonyl (C=O) groups excluding carboxylic acids is 2. The molecule has 0 aliphatic rings. The minimum absolute atomic E-state index is 0.0754. The first-order valence-electron chi connectivity index (χ1n) is 6.61. The number of hydrogen-bond donors (Lipinski definition) is 2. The summed E-state index contributed by atoms with van der Waals surface area (Å²) in [5, 5.41) is 2.52.